The van der Waals surface area contributed by atoms with Crippen molar-refractivity contribution in [2.45, 2.75) is 0 Å². The van der Waals surface area contributed by atoms with E-state index in [9.17, 15) is 18.8 Å². The van der Waals surface area contributed by atoms with Crippen molar-refractivity contribution in [3.63, 3.8) is 0 Å². The summed E-state index contributed by atoms with van der Waals surface area (Å²) in [6, 6.07) is 10.1. The molecule has 1 aliphatic rings. The summed E-state index contributed by atoms with van der Waals surface area (Å²) < 4.78 is 20.3. The number of hydrogen-bond acceptors (Lipinski definition) is 7. The highest BCUT2D eigenvalue weighted by Crippen LogP contribution is 2.33. The number of fused-ring (bicyclic) bond motifs is 1. The van der Waals surface area contributed by atoms with E-state index in [4.69, 9.17) is 22.1 Å². The second kappa shape index (κ2) is 8.28. The van der Waals surface area contributed by atoms with Crippen LogP contribution in [0.3, 0.4) is 0 Å². The predicted octanol–water partition coefficient (Wildman–Crippen LogP) is 2.91. The third-order valence-corrected chi connectivity index (χ3v) is 5.58. The Morgan fingerprint density at radius 3 is 2.68 bits per heavy atom. The fraction of sp³-hybridized carbons (Fsp3) is 0.0500. The molecule has 1 aromatic carbocycles. The fourth-order valence-corrected chi connectivity index (χ4v) is 4.04. The normalized spacial score (nSPS) is 15.1. The number of amides is 1. The molecule has 1 amide bonds. The molecule has 2 aromatic heterocycles. The monoisotopic (exact) mass is 457 g/mol. The van der Waals surface area contributed by atoms with Crippen LogP contribution in [-0.4, -0.2) is 42.1 Å². The van der Waals surface area contributed by atoms with Gasteiger partial charge in [0.05, 0.1) is 4.91 Å². The number of ether oxygens (including phenoxy) is 1. The van der Waals surface area contributed by atoms with Gasteiger partial charge in [-0.2, -0.15) is 4.98 Å². The number of nitrogens with zero attached hydrogens (tertiary/aromatic N) is 3. The number of hydrogen-bond donors (Lipinski definition) is 1. The van der Waals surface area contributed by atoms with Crippen molar-refractivity contribution >= 4 is 51.9 Å². The zero-order chi connectivity index (χ0) is 22.1. The number of carboxylic acids is 1. The summed E-state index contributed by atoms with van der Waals surface area (Å²) in [7, 11) is 0. The van der Waals surface area contributed by atoms with Gasteiger partial charge < -0.3 is 9.84 Å². The van der Waals surface area contributed by atoms with E-state index in [1.165, 1.54) is 40.9 Å². The predicted molar refractivity (Wildman–Crippen MR) is 115 cm³/mol. The van der Waals surface area contributed by atoms with Crippen LogP contribution in [0.15, 0.2) is 58.4 Å². The second-order valence-corrected chi connectivity index (χ2v) is 7.96. The van der Waals surface area contributed by atoms with Crippen molar-refractivity contribution in [2.75, 3.05) is 6.54 Å². The van der Waals surface area contributed by atoms with E-state index in [1.807, 2.05) is 0 Å². The van der Waals surface area contributed by atoms with Crippen LogP contribution in [0.1, 0.15) is 5.56 Å². The van der Waals surface area contributed by atoms with E-state index in [0.717, 1.165) is 16.7 Å². The summed E-state index contributed by atoms with van der Waals surface area (Å²) >= 11 is 5.96. The largest absolute Gasteiger partial charge is 0.480 e. The van der Waals surface area contributed by atoms with Crippen LogP contribution in [0.4, 0.5) is 4.39 Å². The first-order chi connectivity index (χ1) is 14.8. The smallest absolute Gasteiger partial charge is 0.323 e. The van der Waals surface area contributed by atoms with Crippen LogP contribution >= 0.6 is 24.0 Å². The van der Waals surface area contributed by atoms with Gasteiger partial charge in [0.15, 0.2) is 0 Å². The highest BCUT2D eigenvalue weighted by atomic mass is 32.2. The molecule has 3 heterocycles. The molecular weight excluding hydrogens is 445 g/mol. The Hall–Kier alpha value is -3.57. The zero-order valence-electron chi connectivity index (χ0n) is 15.5. The van der Waals surface area contributed by atoms with E-state index in [0.29, 0.717) is 5.65 Å². The standard InChI is InChI=1S/C20H12FN3O5S2/c21-11-4-6-12(7-5-11)29-17-13(18(27)23-8-2-1-3-15(23)22-17)9-14-19(28)24(10-16(25)26)20(30)31-14/h1-9H,10H2,(H,25,26). The number of pyridine rings is 1. The topological polar surface area (TPSA) is 101 Å². The molecule has 0 saturated carbocycles. The number of aliphatic carboxylic acids is 1. The summed E-state index contributed by atoms with van der Waals surface area (Å²) in [6.45, 7) is -0.587. The molecule has 1 aliphatic heterocycles. The molecule has 0 radical (unpaired) electrons. The van der Waals surface area contributed by atoms with Crippen LogP contribution in [0.5, 0.6) is 11.6 Å². The number of thiocarbonyl (C=S) groups is 1. The van der Waals surface area contributed by atoms with Crippen molar-refractivity contribution < 1.29 is 23.8 Å². The number of benzene rings is 1. The van der Waals surface area contributed by atoms with Crippen molar-refractivity contribution in [3.8, 4) is 11.6 Å². The summed E-state index contributed by atoms with van der Waals surface area (Å²) in [6.07, 6.45) is 2.79. The lowest BCUT2D eigenvalue weighted by Crippen LogP contribution is -2.33. The Bertz CT molecular complexity index is 1320. The molecule has 3 aromatic rings. The SMILES string of the molecule is O=C(O)CN1C(=O)C(=Cc2c(Oc3ccc(F)cc3)nc3ccccn3c2=O)SC1=S. The highest BCUT2D eigenvalue weighted by Gasteiger charge is 2.34. The molecule has 0 atom stereocenters. The first kappa shape index (κ1) is 20.7. The number of carboxylic acid groups (broad SMARTS) is 1. The minimum absolute atomic E-state index is 0.0381. The number of rotatable bonds is 5. The molecule has 0 aliphatic carbocycles. The van der Waals surface area contributed by atoms with Gasteiger partial charge in [-0.25, -0.2) is 4.39 Å². The molecule has 4 rings (SSSR count). The maximum absolute atomic E-state index is 13.2. The molecule has 0 unspecified atom stereocenters. The molecule has 31 heavy (non-hydrogen) atoms. The number of thioether (sulfide) groups is 1. The lowest BCUT2D eigenvalue weighted by Gasteiger charge is -2.11. The second-order valence-electron chi connectivity index (χ2n) is 6.28. The van der Waals surface area contributed by atoms with E-state index < -0.39 is 29.8 Å². The number of carbonyl (C=O) groups is 2. The maximum Gasteiger partial charge on any atom is 0.323 e. The first-order valence-corrected chi connectivity index (χ1v) is 9.98. The van der Waals surface area contributed by atoms with Gasteiger partial charge >= 0.3 is 5.97 Å². The summed E-state index contributed by atoms with van der Waals surface area (Å²) in [5.41, 5.74) is -0.241. The van der Waals surface area contributed by atoms with Crippen LogP contribution in [0.2, 0.25) is 0 Å². The Balaban J connectivity index is 1.83. The van der Waals surface area contributed by atoms with Crippen LogP contribution in [-0.2, 0) is 9.59 Å². The molecule has 0 bridgehead atoms. The third kappa shape index (κ3) is 4.18. The van der Waals surface area contributed by atoms with Crippen molar-refractivity contribution in [1.82, 2.24) is 14.3 Å². The molecule has 8 nitrogen and oxygen atoms in total. The zero-order valence-corrected chi connectivity index (χ0v) is 17.2. The number of aromatic nitrogens is 2. The molecule has 11 heteroatoms. The Labute approximate surface area is 183 Å². The number of carbonyl (C=O) groups excluding carboxylic acids is 1. The van der Waals surface area contributed by atoms with Gasteiger partial charge in [0.25, 0.3) is 11.5 Å². The van der Waals surface area contributed by atoms with Gasteiger partial charge in [-0.1, -0.05) is 30.0 Å². The van der Waals surface area contributed by atoms with Crippen LogP contribution in [0, 0.1) is 5.82 Å². The molecule has 156 valence electrons. The van der Waals surface area contributed by atoms with Crippen LogP contribution in [0.25, 0.3) is 11.7 Å². The van der Waals surface area contributed by atoms with Gasteiger partial charge in [0.2, 0.25) is 5.88 Å². The summed E-state index contributed by atoms with van der Waals surface area (Å²) in [4.78, 5) is 42.1. The molecular formula is C20H12FN3O5S2. The molecule has 1 N–H and O–H groups in total. The van der Waals surface area contributed by atoms with E-state index in [-0.39, 0.29) is 26.4 Å². The Morgan fingerprint density at radius 1 is 1.23 bits per heavy atom. The number of halogens is 1. The highest BCUT2D eigenvalue weighted by molar-refractivity contribution is 8.26. The lowest BCUT2D eigenvalue weighted by atomic mass is 10.2. The quantitative estimate of drug-likeness (QED) is 0.461. The minimum Gasteiger partial charge on any atom is -0.480 e. The average Bonchev–Trinajstić information content (AvgIpc) is 2.99. The minimum atomic E-state index is -1.22. The van der Waals surface area contributed by atoms with Gasteiger partial charge in [-0.3, -0.25) is 23.7 Å². The van der Waals surface area contributed by atoms with Crippen molar-refractivity contribution in [3.05, 3.63) is 75.3 Å². The molecule has 1 saturated heterocycles. The van der Waals surface area contributed by atoms with Gasteiger partial charge in [-0.05, 0) is 42.5 Å². The van der Waals surface area contributed by atoms with Gasteiger partial charge in [0.1, 0.15) is 33.6 Å². The maximum atomic E-state index is 13.2. The third-order valence-electron chi connectivity index (χ3n) is 4.20. The van der Waals surface area contributed by atoms with Gasteiger partial charge in [0, 0.05) is 6.20 Å². The first-order valence-electron chi connectivity index (χ1n) is 8.75. The molecule has 0 spiro atoms. The Morgan fingerprint density at radius 2 is 1.97 bits per heavy atom. The average molecular weight is 457 g/mol. The van der Waals surface area contributed by atoms with Crippen LogP contribution < -0.4 is 10.3 Å². The summed E-state index contributed by atoms with van der Waals surface area (Å²) in [5, 5.41) is 8.98. The lowest BCUT2D eigenvalue weighted by molar-refractivity contribution is -0.140. The van der Waals surface area contributed by atoms with Crippen molar-refractivity contribution in [1.29, 1.82) is 0 Å². The van der Waals surface area contributed by atoms with Crippen molar-refractivity contribution in [2.24, 2.45) is 0 Å². The molecule has 1 fully saturated rings. The fourth-order valence-electron chi connectivity index (χ4n) is 2.80. The summed E-state index contributed by atoms with van der Waals surface area (Å²) in [5.74, 6) is -2.16. The van der Waals surface area contributed by atoms with Gasteiger partial charge in [-0.15, -0.1) is 0 Å². The van der Waals surface area contributed by atoms with E-state index in [2.05, 4.69) is 4.98 Å². The van der Waals surface area contributed by atoms with E-state index >= 15 is 0 Å². The van der Waals surface area contributed by atoms with E-state index in [1.54, 1.807) is 18.2 Å². The Kier molecular flexibility index (Phi) is 5.53.